The summed E-state index contributed by atoms with van der Waals surface area (Å²) in [5.74, 6) is 2.21. The van der Waals surface area contributed by atoms with Crippen molar-refractivity contribution in [3.63, 3.8) is 0 Å². The first-order valence-electron chi connectivity index (χ1n) is 5.39. The smallest absolute Gasteiger partial charge is 0.264 e. The molecule has 0 aliphatic carbocycles. The van der Waals surface area contributed by atoms with Crippen LogP contribution < -0.4 is 4.74 Å². The zero-order chi connectivity index (χ0) is 12.3. The van der Waals surface area contributed by atoms with Crippen LogP contribution in [0.4, 0.5) is 0 Å². The molecule has 0 aliphatic rings. The van der Waals surface area contributed by atoms with Crippen LogP contribution in [-0.4, -0.2) is 15.2 Å². The van der Waals surface area contributed by atoms with Gasteiger partial charge in [-0.05, 0) is 24.3 Å². The second-order valence-corrected chi connectivity index (χ2v) is 3.98. The Morgan fingerprint density at radius 3 is 2.59 bits per heavy atom. The molecule has 1 heterocycles. The molecular formula is C12H14N2O3. The Morgan fingerprint density at radius 2 is 2.00 bits per heavy atom. The van der Waals surface area contributed by atoms with Crippen LogP contribution in [0.1, 0.15) is 31.5 Å². The lowest BCUT2D eigenvalue weighted by Crippen LogP contribution is -1.96. The Bertz CT molecular complexity index is 477. The molecule has 5 heteroatoms. The van der Waals surface area contributed by atoms with Crippen molar-refractivity contribution in [2.45, 2.75) is 26.4 Å². The van der Waals surface area contributed by atoms with Crippen LogP contribution in [0.5, 0.6) is 11.5 Å². The quantitative estimate of drug-likeness (QED) is 0.880. The van der Waals surface area contributed by atoms with Gasteiger partial charge in [-0.2, -0.15) is 4.98 Å². The van der Waals surface area contributed by atoms with Gasteiger partial charge in [0.15, 0.2) is 12.4 Å². The second kappa shape index (κ2) is 4.86. The molecule has 1 N–H and O–H groups in total. The lowest BCUT2D eigenvalue weighted by atomic mass is 10.2. The first-order chi connectivity index (χ1) is 8.15. The summed E-state index contributed by atoms with van der Waals surface area (Å²) in [5.41, 5.74) is 0. The summed E-state index contributed by atoms with van der Waals surface area (Å²) in [7, 11) is 0. The molecule has 0 aliphatic heterocycles. The zero-order valence-electron chi connectivity index (χ0n) is 9.75. The minimum absolute atomic E-state index is 0.206. The first-order valence-corrected chi connectivity index (χ1v) is 5.39. The van der Waals surface area contributed by atoms with Crippen LogP contribution in [0.15, 0.2) is 28.8 Å². The topological polar surface area (TPSA) is 68.4 Å². The minimum atomic E-state index is 0.206. The van der Waals surface area contributed by atoms with E-state index in [1.165, 1.54) is 0 Å². The molecule has 90 valence electrons. The number of nitrogens with zero attached hydrogens (tertiary/aromatic N) is 2. The summed E-state index contributed by atoms with van der Waals surface area (Å²) in [6, 6.07) is 6.47. The molecule has 1 aromatic carbocycles. The summed E-state index contributed by atoms with van der Waals surface area (Å²) in [5, 5.41) is 12.9. The number of benzene rings is 1. The van der Waals surface area contributed by atoms with Crippen molar-refractivity contribution >= 4 is 0 Å². The van der Waals surface area contributed by atoms with E-state index in [4.69, 9.17) is 14.4 Å². The molecule has 0 saturated carbocycles. The lowest BCUT2D eigenvalue weighted by molar-refractivity contribution is 0.242. The van der Waals surface area contributed by atoms with Crippen molar-refractivity contribution in [2.24, 2.45) is 0 Å². The van der Waals surface area contributed by atoms with E-state index in [0.29, 0.717) is 17.5 Å². The van der Waals surface area contributed by atoms with E-state index in [1.54, 1.807) is 24.3 Å². The third-order valence-electron chi connectivity index (χ3n) is 2.20. The molecule has 17 heavy (non-hydrogen) atoms. The maximum atomic E-state index is 9.11. The van der Waals surface area contributed by atoms with E-state index < -0.39 is 0 Å². The van der Waals surface area contributed by atoms with E-state index in [9.17, 15) is 0 Å². The number of ether oxygens (including phenoxy) is 1. The van der Waals surface area contributed by atoms with Crippen molar-refractivity contribution in [3.05, 3.63) is 36.0 Å². The third kappa shape index (κ3) is 2.96. The number of hydrogen-bond acceptors (Lipinski definition) is 5. The molecule has 0 unspecified atom stereocenters. The second-order valence-electron chi connectivity index (χ2n) is 3.98. The normalized spacial score (nSPS) is 10.8. The van der Waals surface area contributed by atoms with E-state index in [0.717, 1.165) is 0 Å². The fourth-order valence-electron chi connectivity index (χ4n) is 1.25. The summed E-state index contributed by atoms with van der Waals surface area (Å²) in [4.78, 5) is 4.19. The molecule has 0 bridgehead atoms. The average Bonchev–Trinajstić information content (AvgIpc) is 2.77. The maximum absolute atomic E-state index is 9.11. The number of hydrogen-bond donors (Lipinski definition) is 1. The fourth-order valence-corrected chi connectivity index (χ4v) is 1.25. The zero-order valence-corrected chi connectivity index (χ0v) is 9.75. The van der Waals surface area contributed by atoms with Gasteiger partial charge in [-0.15, -0.1) is 0 Å². The van der Waals surface area contributed by atoms with E-state index in [1.807, 2.05) is 13.8 Å². The number of aromatic hydroxyl groups is 1. The molecule has 5 nitrogen and oxygen atoms in total. The molecule has 2 rings (SSSR count). The number of phenols is 1. The van der Waals surface area contributed by atoms with Gasteiger partial charge in [0.05, 0.1) is 0 Å². The molecule has 1 aromatic heterocycles. The highest BCUT2D eigenvalue weighted by molar-refractivity contribution is 5.30. The molecule has 0 spiro atoms. The van der Waals surface area contributed by atoms with Gasteiger partial charge in [-0.25, -0.2) is 0 Å². The van der Waals surface area contributed by atoms with Crippen LogP contribution >= 0.6 is 0 Å². The first kappa shape index (κ1) is 11.4. The van der Waals surface area contributed by atoms with Crippen molar-refractivity contribution in [1.29, 1.82) is 0 Å². The summed E-state index contributed by atoms with van der Waals surface area (Å²) in [6.45, 7) is 4.22. The van der Waals surface area contributed by atoms with Crippen LogP contribution in [-0.2, 0) is 6.61 Å². The molecule has 0 fully saturated rings. The van der Waals surface area contributed by atoms with E-state index in [2.05, 4.69) is 10.1 Å². The van der Waals surface area contributed by atoms with Gasteiger partial charge in [-0.1, -0.05) is 19.0 Å². The fraction of sp³-hybridized carbons (Fsp3) is 0.333. The minimum Gasteiger partial charge on any atom is -0.508 e. The Hall–Kier alpha value is -2.04. The summed E-state index contributed by atoms with van der Waals surface area (Å²) in [6.07, 6.45) is 0. The Labute approximate surface area is 99.0 Å². The highest BCUT2D eigenvalue weighted by Crippen LogP contribution is 2.17. The predicted octanol–water partition coefficient (Wildman–Crippen LogP) is 2.48. The Morgan fingerprint density at radius 1 is 1.29 bits per heavy atom. The Balaban J connectivity index is 1.95. The van der Waals surface area contributed by atoms with Gasteiger partial charge in [0.2, 0.25) is 0 Å². The summed E-state index contributed by atoms with van der Waals surface area (Å²) < 4.78 is 10.5. The van der Waals surface area contributed by atoms with Crippen molar-refractivity contribution < 1.29 is 14.4 Å². The van der Waals surface area contributed by atoms with Gasteiger partial charge in [0.25, 0.3) is 5.89 Å². The molecule has 0 saturated heterocycles. The van der Waals surface area contributed by atoms with Crippen LogP contribution in [0.3, 0.4) is 0 Å². The maximum Gasteiger partial charge on any atom is 0.264 e. The largest absolute Gasteiger partial charge is 0.508 e. The van der Waals surface area contributed by atoms with E-state index in [-0.39, 0.29) is 18.3 Å². The van der Waals surface area contributed by atoms with Crippen molar-refractivity contribution in [2.75, 3.05) is 0 Å². The number of phenolic OH excluding ortho intramolecular Hbond substituents is 1. The molecular weight excluding hydrogens is 220 g/mol. The third-order valence-corrected chi connectivity index (χ3v) is 2.20. The molecule has 0 atom stereocenters. The summed E-state index contributed by atoms with van der Waals surface area (Å²) >= 11 is 0. The standard InChI is InChI=1S/C12H14N2O3/c1-8(2)12-13-11(17-14-12)7-16-10-5-3-9(15)4-6-10/h3-6,8,15H,7H2,1-2H3. The SMILES string of the molecule is CC(C)c1noc(COc2ccc(O)cc2)n1. The van der Waals surface area contributed by atoms with Gasteiger partial charge >= 0.3 is 0 Å². The van der Waals surface area contributed by atoms with E-state index >= 15 is 0 Å². The van der Waals surface area contributed by atoms with Crippen molar-refractivity contribution in [3.8, 4) is 11.5 Å². The lowest BCUT2D eigenvalue weighted by Gasteiger charge is -2.02. The average molecular weight is 234 g/mol. The van der Waals surface area contributed by atoms with Crippen LogP contribution in [0.2, 0.25) is 0 Å². The molecule has 2 aromatic rings. The number of rotatable bonds is 4. The highest BCUT2D eigenvalue weighted by Gasteiger charge is 2.09. The predicted molar refractivity (Wildman–Crippen MR) is 60.8 cm³/mol. The number of aromatic nitrogens is 2. The molecule has 0 amide bonds. The van der Waals surface area contributed by atoms with Crippen LogP contribution in [0.25, 0.3) is 0 Å². The van der Waals surface area contributed by atoms with Gasteiger partial charge in [-0.3, -0.25) is 0 Å². The molecule has 0 radical (unpaired) electrons. The van der Waals surface area contributed by atoms with Gasteiger partial charge < -0.3 is 14.4 Å². The van der Waals surface area contributed by atoms with Crippen LogP contribution in [0, 0.1) is 0 Å². The highest BCUT2D eigenvalue weighted by atomic mass is 16.5. The van der Waals surface area contributed by atoms with Gasteiger partial charge in [0.1, 0.15) is 11.5 Å². The van der Waals surface area contributed by atoms with Gasteiger partial charge in [0, 0.05) is 5.92 Å². The monoisotopic (exact) mass is 234 g/mol. The Kier molecular flexibility index (Phi) is 3.27. The van der Waals surface area contributed by atoms with Crippen molar-refractivity contribution in [1.82, 2.24) is 10.1 Å².